The van der Waals surface area contributed by atoms with Crippen molar-refractivity contribution in [3.05, 3.63) is 224 Å². The molecule has 0 bridgehead atoms. The van der Waals surface area contributed by atoms with Gasteiger partial charge in [0.25, 0.3) is 0 Å². The summed E-state index contributed by atoms with van der Waals surface area (Å²) in [5, 5.41) is 7.77. The second kappa shape index (κ2) is 14.5. The first-order valence-corrected chi connectivity index (χ1v) is 25.6. The fourth-order valence-corrected chi connectivity index (χ4v) is 13.7. The summed E-state index contributed by atoms with van der Waals surface area (Å²) in [6.45, 7) is 5.03. The van der Waals surface area contributed by atoms with Gasteiger partial charge in [0.05, 0.1) is 11.0 Å². The normalized spacial score (nSPS) is 12.9. The number of benzene rings is 10. The summed E-state index contributed by atoms with van der Waals surface area (Å²) in [6, 6.07) is 82.5. The molecule has 0 saturated carbocycles. The lowest BCUT2D eigenvalue weighted by molar-refractivity contribution is 0.670. The predicted octanol–water partition coefficient (Wildman–Crippen LogP) is 15.8. The Bertz CT molecular complexity index is 3680. The Hall–Kier alpha value is -7.98. The third-order valence-corrected chi connectivity index (χ3v) is 17.6. The summed E-state index contributed by atoms with van der Waals surface area (Å²) in [7, 11) is -2.13. The number of aromatic nitrogens is 1. The van der Waals surface area contributed by atoms with E-state index in [1.54, 1.807) is 0 Å². The average Bonchev–Trinajstić information content (AvgIpc) is 3.99. The quantitative estimate of drug-likeness (QED) is 0.153. The average molecular weight is 846 g/mol. The van der Waals surface area contributed by atoms with Crippen LogP contribution >= 0.6 is 0 Å². The summed E-state index contributed by atoms with van der Waals surface area (Å²) in [5.74, 6) is 0. The molecule has 12 aromatic rings. The summed E-state index contributed by atoms with van der Waals surface area (Å²) in [4.78, 5) is 0. The number of para-hydroxylation sites is 2. The number of hydrogen-bond donors (Lipinski definition) is 0. The van der Waals surface area contributed by atoms with Crippen molar-refractivity contribution in [2.24, 2.45) is 0 Å². The molecule has 0 atom stereocenters. The van der Waals surface area contributed by atoms with E-state index in [4.69, 9.17) is 4.42 Å². The zero-order chi connectivity index (χ0) is 43.2. The number of rotatable bonds is 6. The van der Waals surface area contributed by atoms with Crippen LogP contribution in [0.2, 0.25) is 13.1 Å². The minimum atomic E-state index is -2.13. The maximum Gasteiger partial charge on any atom is 0.143 e. The summed E-state index contributed by atoms with van der Waals surface area (Å²) in [5.41, 5.74) is 20.3. The van der Waals surface area contributed by atoms with Crippen LogP contribution in [-0.2, 0) is 0 Å². The van der Waals surface area contributed by atoms with Crippen molar-refractivity contribution in [1.82, 2.24) is 4.57 Å². The van der Waals surface area contributed by atoms with E-state index in [0.717, 1.165) is 27.5 Å². The van der Waals surface area contributed by atoms with Crippen molar-refractivity contribution in [2.75, 3.05) is 0 Å². The van der Waals surface area contributed by atoms with E-state index in [1.807, 2.05) is 6.07 Å². The van der Waals surface area contributed by atoms with Gasteiger partial charge >= 0.3 is 0 Å². The Balaban J connectivity index is 0.930. The van der Waals surface area contributed by atoms with Gasteiger partial charge in [-0.05, 0) is 86.5 Å². The molecular weight excluding hydrogens is 803 g/mol. The highest BCUT2D eigenvalue weighted by Crippen LogP contribution is 2.41. The Labute approximate surface area is 379 Å². The molecule has 0 spiro atoms. The topological polar surface area (TPSA) is 18.1 Å². The Kier molecular flexibility index (Phi) is 8.40. The minimum Gasteiger partial charge on any atom is -0.455 e. The molecular formula is C62H43NOSi-. The van der Waals surface area contributed by atoms with Crippen molar-refractivity contribution in [3.63, 3.8) is 0 Å². The number of furan rings is 1. The van der Waals surface area contributed by atoms with Gasteiger partial charge in [-0.2, -0.15) is 23.5 Å². The van der Waals surface area contributed by atoms with Crippen LogP contribution in [0.1, 0.15) is 0 Å². The highest BCUT2D eigenvalue weighted by Gasteiger charge is 2.28. The number of hydrogen-bond acceptors (Lipinski definition) is 1. The molecule has 0 saturated heterocycles. The van der Waals surface area contributed by atoms with Gasteiger partial charge in [-0.15, -0.1) is 0 Å². The van der Waals surface area contributed by atoms with Gasteiger partial charge in [0.15, 0.2) is 0 Å². The van der Waals surface area contributed by atoms with Gasteiger partial charge in [0, 0.05) is 32.8 Å². The van der Waals surface area contributed by atoms with E-state index < -0.39 is 8.07 Å². The third-order valence-electron chi connectivity index (χ3n) is 14.0. The van der Waals surface area contributed by atoms with Crippen LogP contribution < -0.4 is 10.4 Å². The van der Waals surface area contributed by atoms with Crippen LogP contribution in [0.3, 0.4) is 0 Å². The lowest BCUT2D eigenvalue weighted by Crippen LogP contribution is -2.49. The Morgan fingerprint density at radius 3 is 1.38 bits per heavy atom. The largest absolute Gasteiger partial charge is 0.455 e. The summed E-state index contributed by atoms with van der Waals surface area (Å²) in [6.07, 6.45) is 0. The molecule has 1 aliphatic rings. The molecule has 0 unspecified atom stereocenters. The standard InChI is InChI=1S/C62H43NOSi/c1-65(2)60-38-48(50-17-11-18-54-51-16-9-10-19-59(51)64-62(50)54)28-32-52(60)53-33-31-49(39-61(53)65)63-57-34-29-46(44-24-20-42(21-25-44)40-12-5-3-6-13-40)36-55(57)56-37-47(30-35-58(56)63)45-26-22-43(23-27-45)41-14-7-4-8-15-41/h3-39H,1-2H3/q-1. The number of nitrogens with zero attached hydrogens (tertiary/aromatic N) is 1. The monoisotopic (exact) mass is 845 g/mol. The van der Waals surface area contributed by atoms with Crippen LogP contribution in [0.25, 0.3) is 116 Å². The molecule has 65 heavy (non-hydrogen) atoms. The molecule has 3 heteroatoms. The van der Waals surface area contributed by atoms with Gasteiger partial charge < -0.3 is 8.98 Å². The first-order valence-electron chi connectivity index (χ1n) is 22.6. The molecule has 0 fully saturated rings. The van der Waals surface area contributed by atoms with E-state index in [1.165, 1.54) is 99.1 Å². The fourth-order valence-electron chi connectivity index (χ4n) is 10.6. The zero-order valence-electron chi connectivity index (χ0n) is 36.2. The first kappa shape index (κ1) is 37.6. The third kappa shape index (κ3) is 6.00. The molecule has 13 rings (SSSR count). The predicted molar refractivity (Wildman–Crippen MR) is 277 cm³/mol. The van der Waals surface area contributed by atoms with Gasteiger partial charge in [-0.3, -0.25) is 0 Å². The van der Waals surface area contributed by atoms with E-state index in [2.05, 4.69) is 236 Å². The first-order chi connectivity index (χ1) is 32.0. The summed E-state index contributed by atoms with van der Waals surface area (Å²) < 4.78 is 9.01. The highest BCUT2D eigenvalue weighted by molar-refractivity contribution is 7.03. The fraction of sp³-hybridized carbons (Fsp3) is 0.0323. The molecule has 3 heterocycles. The van der Waals surface area contributed by atoms with Crippen LogP contribution in [0.15, 0.2) is 229 Å². The van der Waals surface area contributed by atoms with Crippen molar-refractivity contribution in [1.29, 1.82) is 0 Å². The van der Waals surface area contributed by atoms with E-state index in [9.17, 15) is 0 Å². The van der Waals surface area contributed by atoms with Gasteiger partial charge in [-0.25, -0.2) is 0 Å². The summed E-state index contributed by atoms with van der Waals surface area (Å²) >= 11 is 0. The maximum atomic E-state index is 6.51. The highest BCUT2D eigenvalue weighted by atomic mass is 28.3. The molecule has 2 nitrogen and oxygen atoms in total. The Morgan fingerprint density at radius 1 is 0.323 bits per heavy atom. The maximum absolute atomic E-state index is 6.51. The van der Waals surface area contributed by atoms with E-state index in [0.29, 0.717) is 0 Å². The van der Waals surface area contributed by atoms with Gasteiger partial charge in [0.1, 0.15) is 11.2 Å². The smallest absolute Gasteiger partial charge is 0.143 e. The molecule has 307 valence electrons. The molecule has 0 amide bonds. The van der Waals surface area contributed by atoms with Crippen molar-refractivity contribution in [2.45, 2.75) is 13.1 Å². The van der Waals surface area contributed by atoms with Crippen molar-refractivity contribution in [3.8, 4) is 72.4 Å². The molecule has 1 aliphatic heterocycles. The second-order valence-corrected chi connectivity index (χ2v) is 22.4. The Morgan fingerprint density at radius 2 is 0.785 bits per heavy atom. The molecule has 2 aromatic heterocycles. The number of fused-ring (bicyclic) bond motifs is 9. The SMILES string of the molecule is C[Si-]1(C)c2cc(-c3cccc4c3oc3ccccc34)ccc2-c2ccc(-n3c4ccc(-c5ccc(-c6ccccc6)cc5)cc4c4cc(-c5ccc(-c6ccccc6)cc5)ccc43)cc21. The minimum absolute atomic E-state index is 0.929. The van der Waals surface area contributed by atoms with Crippen LogP contribution in [-0.4, -0.2) is 12.6 Å². The van der Waals surface area contributed by atoms with Gasteiger partial charge in [-0.1, -0.05) is 207 Å². The van der Waals surface area contributed by atoms with Crippen LogP contribution in [0.5, 0.6) is 0 Å². The van der Waals surface area contributed by atoms with Crippen LogP contribution in [0.4, 0.5) is 0 Å². The molecule has 0 radical (unpaired) electrons. The van der Waals surface area contributed by atoms with Crippen LogP contribution in [0, 0.1) is 0 Å². The zero-order valence-corrected chi connectivity index (χ0v) is 37.2. The van der Waals surface area contributed by atoms with Crippen molar-refractivity contribution >= 4 is 62.2 Å². The molecule has 0 N–H and O–H groups in total. The van der Waals surface area contributed by atoms with Crippen molar-refractivity contribution < 1.29 is 4.42 Å². The van der Waals surface area contributed by atoms with E-state index >= 15 is 0 Å². The molecule has 10 aromatic carbocycles. The lowest BCUT2D eigenvalue weighted by Gasteiger charge is -2.32. The van der Waals surface area contributed by atoms with Gasteiger partial charge in [0.2, 0.25) is 0 Å². The second-order valence-electron chi connectivity index (χ2n) is 18.1. The van der Waals surface area contributed by atoms with E-state index in [-0.39, 0.29) is 0 Å². The molecule has 0 aliphatic carbocycles. The lowest BCUT2D eigenvalue weighted by atomic mass is 9.97.